The molecule has 0 unspecified atom stereocenters. The molecular weight excluding hydrogens is 571 g/mol. The van der Waals surface area contributed by atoms with Gasteiger partial charge in [0.2, 0.25) is 0 Å². The fourth-order valence-electron chi connectivity index (χ4n) is 4.25. The van der Waals surface area contributed by atoms with Gasteiger partial charge in [-0.3, -0.25) is 0 Å². The second kappa shape index (κ2) is 9.88. The summed E-state index contributed by atoms with van der Waals surface area (Å²) >= 11 is 2.05. The number of aryl methyl sites for hydroxylation is 1. The number of hydrogen-bond acceptors (Lipinski definition) is 7. The number of rotatable bonds is 9. The molecule has 1 aliphatic rings. The summed E-state index contributed by atoms with van der Waals surface area (Å²) in [6.45, 7) is 1.95. The molecule has 0 N–H and O–H groups in total. The summed E-state index contributed by atoms with van der Waals surface area (Å²) in [4.78, 5) is 4.51. The van der Waals surface area contributed by atoms with Crippen LogP contribution in [0, 0.1) is 0 Å². The van der Waals surface area contributed by atoms with E-state index in [1.165, 1.54) is 18.4 Å². The van der Waals surface area contributed by atoms with Crippen molar-refractivity contribution in [3.63, 3.8) is 0 Å². The van der Waals surface area contributed by atoms with E-state index >= 15 is 0 Å². The minimum Gasteiger partial charge on any atom is -0.497 e. The number of allylic oxidation sites excluding steroid dienone is 2. The van der Waals surface area contributed by atoms with Gasteiger partial charge in [0.05, 0.1) is 27.8 Å². The number of aromatic nitrogens is 3. The molecule has 1 aromatic carbocycles. The molecule has 39 heavy (non-hydrogen) atoms. The Bertz CT molecular complexity index is 1560. The van der Waals surface area contributed by atoms with Gasteiger partial charge >= 0.3 is 17.8 Å². The largest absolute Gasteiger partial charge is 0.497 e. The molecule has 1 aliphatic carbocycles. The molecule has 0 bridgehead atoms. The maximum absolute atomic E-state index is 14.6. The number of hydrogen-bond donors (Lipinski definition) is 0. The van der Waals surface area contributed by atoms with Gasteiger partial charge in [-0.2, -0.15) is 26.3 Å². The lowest BCUT2D eigenvalue weighted by molar-refractivity contribution is -0.263. The zero-order chi connectivity index (χ0) is 28.2. The van der Waals surface area contributed by atoms with Crippen LogP contribution in [0.2, 0.25) is 0 Å². The Morgan fingerprint density at radius 2 is 1.67 bits per heavy atom. The summed E-state index contributed by atoms with van der Waals surface area (Å²) in [6, 6.07) is 6.15. The summed E-state index contributed by atoms with van der Waals surface area (Å²) < 4.78 is 111. The molecule has 0 atom stereocenters. The Labute approximate surface area is 225 Å². The number of thiazole rings is 1. The highest BCUT2D eigenvalue weighted by atomic mass is 32.1. The highest BCUT2D eigenvalue weighted by Gasteiger charge is 2.81. The normalized spacial score (nSPS) is 17.9. The van der Waals surface area contributed by atoms with Crippen LogP contribution >= 0.6 is 22.7 Å². The zero-order valence-electron chi connectivity index (χ0n) is 20.5. The number of unbranched alkanes of at least 4 members (excludes halogenated alkanes) is 3. The van der Waals surface area contributed by atoms with Crippen molar-refractivity contribution in [2.24, 2.45) is 0 Å². The molecule has 4 aromatic rings. The maximum atomic E-state index is 14.6. The Balaban J connectivity index is 1.55. The van der Waals surface area contributed by atoms with Crippen LogP contribution in [-0.4, -0.2) is 40.1 Å². The molecular formula is C25H20F7N3O2S2. The third-order valence-corrected chi connectivity index (χ3v) is 8.54. The molecule has 0 radical (unpaired) electrons. The number of halogens is 7. The van der Waals surface area contributed by atoms with E-state index in [1.54, 1.807) is 18.2 Å². The van der Waals surface area contributed by atoms with Gasteiger partial charge in [0.25, 0.3) is 11.8 Å². The van der Waals surface area contributed by atoms with E-state index in [-0.39, 0.29) is 28.0 Å². The second-order valence-corrected chi connectivity index (χ2v) is 11.1. The average Bonchev–Trinajstić information content (AvgIpc) is 3.65. The SMILES string of the molecule is CCCCCCc1sc(-c2nnc(-c3nc4ccc(OC)cc4s3)o2)cc1C1=C(F)C(F)(F)C(F)(F)C1(F)F. The smallest absolute Gasteiger partial charge is 0.383 e. The number of ether oxygens (including phenoxy) is 1. The zero-order valence-corrected chi connectivity index (χ0v) is 22.1. The van der Waals surface area contributed by atoms with Crippen molar-refractivity contribution in [1.82, 2.24) is 15.2 Å². The van der Waals surface area contributed by atoms with E-state index < -0.39 is 34.7 Å². The summed E-state index contributed by atoms with van der Waals surface area (Å²) in [5, 5.41) is 8.21. The van der Waals surface area contributed by atoms with Gasteiger partial charge in [-0.25, -0.2) is 9.37 Å². The maximum Gasteiger partial charge on any atom is 0.383 e. The van der Waals surface area contributed by atoms with E-state index in [0.717, 1.165) is 34.9 Å². The van der Waals surface area contributed by atoms with Gasteiger partial charge in [-0.15, -0.1) is 32.9 Å². The van der Waals surface area contributed by atoms with E-state index in [2.05, 4.69) is 15.2 Å². The number of methoxy groups -OCH3 is 1. The van der Waals surface area contributed by atoms with Crippen LogP contribution in [-0.2, 0) is 6.42 Å². The molecule has 0 spiro atoms. The Kier molecular flexibility index (Phi) is 6.98. The summed E-state index contributed by atoms with van der Waals surface area (Å²) in [6.07, 6.45) is 2.91. The summed E-state index contributed by atoms with van der Waals surface area (Å²) in [5.41, 5.74) is -2.08. The minimum absolute atomic E-state index is 0.000674. The molecule has 3 heterocycles. The van der Waals surface area contributed by atoms with Crippen LogP contribution in [0.4, 0.5) is 30.7 Å². The Hall–Kier alpha value is -3.00. The average molecular weight is 592 g/mol. The van der Waals surface area contributed by atoms with Crippen molar-refractivity contribution in [2.45, 2.75) is 56.8 Å². The van der Waals surface area contributed by atoms with Gasteiger partial charge in [0.15, 0.2) is 10.8 Å². The molecule has 0 fully saturated rings. The molecule has 0 aliphatic heterocycles. The van der Waals surface area contributed by atoms with Crippen LogP contribution in [0.3, 0.4) is 0 Å². The van der Waals surface area contributed by atoms with Crippen molar-refractivity contribution in [3.8, 4) is 27.4 Å². The highest BCUT2D eigenvalue weighted by Crippen LogP contribution is 2.63. The molecule has 208 valence electrons. The Morgan fingerprint density at radius 1 is 0.923 bits per heavy atom. The summed E-state index contributed by atoms with van der Waals surface area (Å²) in [5.74, 6) is -19.4. The molecule has 0 amide bonds. The lowest BCUT2D eigenvalue weighted by atomic mass is 9.99. The van der Waals surface area contributed by atoms with Crippen LogP contribution in [0.25, 0.3) is 37.5 Å². The molecule has 3 aromatic heterocycles. The molecule has 5 rings (SSSR count). The fourth-order valence-corrected chi connectivity index (χ4v) is 6.30. The van der Waals surface area contributed by atoms with Crippen molar-refractivity contribution >= 4 is 38.5 Å². The highest BCUT2D eigenvalue weighted by molar-refractivity contribution is 7.21. The standard InChI is InChI=1S/C25H20F7N3O2S2/c1-3-4-5-6-7-15-13(18-19(26)24(29,30)25(31,32)23(18,27)28)11-17(38-15)20-34-35-21(37-20)22-33-14-9-8-12(36-2)10-16(14)39-22/h8-11H,3-7H2,1-2H3. The summed E-state index contributed by atoms with van der Waals surface area (Å²) in [7, 11) is 1.52. The number of benzene rings is 1. The van der Waals surface area contributed by atoms with E-state index in [9.17, 15) is 30.7 Å². The van der Waals surface area contributed by atoms with Crippen molar-refractivity contribution in [3.05, 3.63) is 40.5 Å². The first-order valence-electron chi connectivity index (χ1n) is 11.9. The van der Waals surface area contributed by atoms with Crippen molar-refractivity contribution in [1.29, 1.82) is 0 Å². The predicted molar refractivity (Wildman–Crippen MR) is 133 cm³/mol. The lowest BCUT2D eigenvalue weighted by Crippen LogP contribution is -2.48. The van der Waals surface area contributed by atoms with Crippen molar-refractivity contribution < 1.29 is 39.9 Å². The quantitative estimate of drug-likeness (QED) is 0.144. The first kappa shape index (κ1) is 27.6. The predicted octanol–water partition coefficient (Wildman–Crippen LogP) is 8.81. The minimum atomic E-state index is -5.92. The topological polar surface area (TPSA) is 61.0 Å². The third kappa shape index (κ3) is 4.41. The van der Waals surface area contributed by atoms with Gasteiger partial charge in [0, 0.05) is 10.4 Å². The van der Waals surface area contributed by atoms with E-state index in [1.807, 2.05) is 6.92 Å². The number of nitrogens with zero attached hydrogens (tertiary/aromatic N) is 3. The molecule has 14 heteroatoms. The monoisotopic (exact) mass is 591 g/mol. The van der Waals surface area contributed by atoms with Gasteiger partial charge in [-0.1, -0.05) is 26.2 Å². The van der Waals surface area contributed by atoms with Crippen LogP contribution in [0.5, 0.6) is 5.75 Å². The van der Waals surface area contributed by atoms with E-state index in [4.69, 9.17) is 9.15 Å². The van der Waals surface area contributed by atoms with E-state index in [0.29, 0.717) is 29.1 Å². The van der Waals surface area contributed by atoms with Crippen LogP contribution < -0.4 is 4.74 Å². The van der Waals surface area contributed by atoms with Crippen LogP contribution in [0.1, 0.15) is 43.0 Å². The number of thiophene rings is 1. The molecule has 0 saturated heterocycles. The lowest BCUT2D eigenvalue weighted by Gasteiger charge is -2.24. The fraction of sp³-hybridized carbons (Fsp3) is 0.400. The van der Waals surface area contributed by atoms with Crippen LogP contribution in [0.15, 0.2) is 34.5 Å². The van der Waals surface area contributed by atoms with Gasteiger partial charge in [-0.05, 0) is 37.1 Å². The third-order valence-electron chi connectivity index (χ3n) is 6.35. The van der Waals surface area contributed by atoms with Gasteiger partial charge < -0.3 is 9.15 Å². The first-order valence-corrected chi connectivity index (χ1v) is 13.5. The molecule has 0 saturated carbocycles. The first-order chi connectivity index (χ1) is 18.4. The second-order valence-electron chi connectivity index (χ2n) is 8.94. The van der Waals surface area contributed by atoms with Gasteiger partial charge in [0.1, 0.15) is 5.75 Å². The molecule has 5 nitrogen and oxygen atoms in total. The Morgan fingerprint density at radius 3 is 2.33 bits per heavy atom. The van der Waals surface area contributed by atoms with Crippen molar-refractivity contribution in [2.75, 3.05) is 7.11 Å². The number of fused-ring (bicyclic) bond motifs is 1. The number of alkyl halides is 6.